The van der Waals surface area contributed by atoms with Crippen LogP contribution in [-0.2, 0) is 0 Å². The summed E-state index contributed by atoms with van der Waals surface area (Å²) in [6.07, 6.45) is 0. The molecule has 4 aromatic rings. The molecule has 0 unspecified atom stereocenters. The van der Waals surface area contributed by atoms with E-state index in [1.54, 1.807) is 0 Å². The Hall–Kier alpha value is -3.39. The summed E-state index contributed by atoms with van der Waals surface area (Å²) < 4.78 is 44.6. The van der Waals surface area contributed by atoms with Crippen LogP contribution in [-0.4, -0.2) is 28.0 Å². The topological polar surface area (TPSA) is 12.5 Å². The van der Waals surface area contributed by atoms with Crippen LogP contribution in [0.15, 0.2) is 91.0 Å². The lowest BCUT2D eigenvalue weighted by Gasteiger charge is -2.12. The number of hydrogen-bond donors (Lipinski definition) is 0. The molecule has 8 heteroatoms. The average molecular weight is 499 g/mol. The molecule has 0 saturated carbocycles. The minimum absolute atomic E-state index is 0.679. The molecule has 0 bridgehead atoms. The number of hydrogen-bond acceptors (Lipinski definition) is 3. The first-order valence-corrected chi connectivity index (χ1v) is 11.9. The fourth-order valence-electron chi connectivity index (χ4n) is 3.39. The second-order valence-corrected chi connectivity index (χ2v) is 8.92. The van der Waals surface area contributed by atoms with E-state index in [1.807, 2.05) is 30.4 Å². The van der Waals surface area contributed by atoms with Crippen LogP contribution >= 0.6 is 11.3 Å². The normalized spacial score (nSPS) is 10.8. The van der Waals surface area contributed by atoms with Crippen LogP contribution in [0.5, 0.6) is 5.75 Å². The molecule has 0 fully saturated rings. The summed E-state index contributed by atoms with van der Waals surface area (Å²) in [6.45, 7) is 2.69. The lowest BCUT2D eigenvalue weighted by Crippen LogP contribution is -2.07. The van der Waals surface area contributed by atoms with Crippen LogP contribution < -0.4 is 9.64 Å². The fraction of sp³-hybridized carbons (Fsp3) is 0.148. The minimum atomic E-state index is -6.00. The molecule has 35 heavy (non-hydrogen) atoms. The van der Waals surface area contributed by atoms with Crippen LogP contribution in [0.4, 0.5) is 23.0 Å². The molecular weight excluding hydrogens is 473 g/mol. The molecule has 0 aliphatic heterocycles. The van der Waals surface area contributed by atoms with Crippen LogP contribution in [0.3, 0.4) is 0 Å². The van der Waals surface area contributed by atoms with E-state index in [0.29, 0.717) is 6.61 Å². The SMILES string of the molecule is CCOc1ccc(-[c+]2cc(-c3ccc(N(C)C)cc3)cc(-c3ccccc3)s2)cc1.F[B-](F)(F)F. The van der Waals surface area contributed by atoms with Crippen molar-refractivity contribution in [3.8, 4) is 37.8 Å². The summed E-state index contributed by atoms with van der Waals surface area (Å²) in [5.41, 5.74) is 6.08. The minimum Gasteiger partial charge on any atom is -0.492 e. The first-order chi connectivity index (χ1) is 16.6. The van der Waals surface area contributed by atoms with Gasteiger partial charge in [0.05, 0.1) is 17.0 Å². The quantitative estimate of drug-likeness (QED) is 0.149. The van der Waals surface area contributed by atoms with Crippen molar-refractivity contribution in [2.24, 2.45) is 0 Å². The molecule has 1 heterocycles. The van der Waals surface area contributed by atoms with Crippen molar-refractivity contribution in [1.29, 1.82) is 0 Å². The third-order valence-corrected chi connectivity index (χ3v) is 6.17. The van der Waals surface area contributed by atoms with E-state index in [-0.39, 0.29) is 0 Å². The Morgan fingerprint density at radius 2 is 1.40 bits per heavy atom. The molecule has 1 aromatic heterocycles. The predicted molar refractivity (Wildman–Crippen MR) is 141 cm³/mol. The van der Waals surface area contributed by atoms with E-state index in [0.717, 1.165) is 5.75 Å². The highest BCUT2D eigenvalue weighted by Gasteiger charge is 2.20. The summed E-state index contributed by atoms with van der Waals surface area (Å²) in [6, 6.07) is 32.3. The van der Waals surface area contributed by atoms with Gasteiger partial charge in [-0.05, 0) is 43.3 Å². The monoisotopic (exact) mass is 499 g/mol. The number of halogens is 4. The Morgan fingerprint density at radius 3 is 1.94 bits per heavy atom. The molecule has 0 saturated heterocycles. The van der Waals surface area contributed by atoms with Crippen LogP contribution in [0.1, 0.15) is 6.92 Å². The average Bonchev–Trinajstić information content (AvgIpc) is 2.84. The molecule has 0 aliphatic rings. The Balaban J connectivity index is 0.000000623. The zero-order valence-electron chi connectivity index (χ0n) is 19.7. The summed E-state index contributed by atoms with van der Waals surface area (Å²) in [4.78, 5) is 4.62. The van der Waals surface area contributed by atoms with Crippen LogP contribution in [0, 0.1) is 0 Å². The van der Waals surface area contributed by atoms with Gasteiger partial charge in [-0.3, -0.25) is 0 Å². The van der Waals surface area contributed by atoms with E-state index in [9.17, 15) is 17.3 Å². The number of nitrogens with zero attached hydrogens (tertiary/aromatic N) is 1. The third kappa shape index (κ3) is 8.10. The highest BCUT2D eigenvalue weighted by atomic mass is 32.1. The molecule has 0 aliphatic carbocycles. The molecule has 0 atom stereocenters. The smallest absolute Gasteiger partial charge is 0.492 e. The molecular formula is C27H26BF4NOS. The first kappa shape index (κ1) is 26.2. The van der Waals surface area contributed by atoms with Crippen LogP contribution in [0.2, 0.25) is 0 Å². The van der Waals surface area contributed by atoms with Gasteiger partial charge < -0.3 is 26.9 Å². The zero-order chi connectivity index (χ0) is 25.4. The summed E-state index contributed by atoms with van der Waals surface area (Å²) >= 11 is 1.82. The van der Waals surface area contributed by atoms with E-state index in [4.69, 9.17) is 4.74 Å². The number of rotatable bonds is 6. The van der Waals surface area contributed by atoms with Gasteiger partial charge in [0, 0.05) is 72.9 Å². The highest BCUT2D eigenvalue weighted by molar-refractivity contribution is 7.18. The first-order valence-electron chi connectivity index (χ1n) is 11.1. The lowest BCUT2D eigenvalue weighted by molar-refractivity contribution is 0.340. The highest BCUT2D eigenvalue weighted by Crippen LogP contribution is 2.38. The van der Waals surface area contributed by atoms with Crippen molar-refractivity contribution in [3.63, 3.8) is 0 Å². The van der Waals surface area contributed by atoms with Crippen molar-refractivity contribution in [2.75, 3.05) is 25.6 Å². The lowest BCUT2D eigenvalue weighted by atomic mass is 10.0. The molecule has 4 rings (SSSR count). The van der Waals surface area contributed by atoms with Gasteiger partial charge in [0.2, 0.25) is 0 Å². The van der Waals surface area contributed by atoms with Gasteiger partial charge in [0.15, 0.2) is 0 Å². The maximum Gasteiger partial charge on any atom is 0.673 e. The number of anilines is 1. The van der Waals surface area contributed by atoms with Gasteiger partial charge in [-0.15, -0.1) is 0 Å². The molecule has 0 N–H and O–H groups in total. The van der Waals surface area contributed by atoms with E-state index >= 15 is 0 Å². The van der Waals surface area contributed by atoms with Crippen molar-refractivity contribution in [3.05, 3.63) is 91.0 Å². The fourth-order valence-corrected chi connectivity index (χ4v) is 4.51. The van der Waals surface area contributed by atoms with Gasteiger partial charge in [0.25, 0.3) is 0 Å². The van der Waals surface area contributed by atoms with Crippen molar-refractivity contribution in [1.82, 2.24) is 0 Å². The van der Waals surface area contributed by atoms with Crippen molar-refractivity contribution >= 4 is 24.3 Å². The van der Waals surface area contributed by atoms with Crippen molar-refractivity contribution < 1.29 is 22.0 Å². The molecule has 0 radical (unpaired) electrons. The van der Waals surface area contributed by atoms with Gasteiger partial charge >= 0.3 is 7.25 Å². The summed E-state index contributed by atoms with van der Waals surface area (Å²) in [5, 5.41) is 0. The molecule has 2 nitrogen and oxygen atoms in total. The maximum atomic E-state index is 9.75. The Bertz CT molecular complexity index is 1210. The Kier molecular flexibility index (Phi) is 8.87. The van der Waals surface area contributed by atoms with E-state index in [1.165, 1.54) is 37.7 Å². The van der Waals surface area contributed by atoms with Gasteiger partial charge in [-0.1, -0.05) is 29.5 Å². The Labute approximate surface area is 207 Å². The summed E-state index contributed by atoms with van der Waals surface area (Å²) in [7, 11) is -1.87. The van der Waals surface area contributed by atoms with Crippen LogP contribution in [0.25, 0.3) is 32.0 Å². The van der Waals surface area contributed by atoms with Gasteiger partial charge in [-0.2, -0.15) is 0 Å². The molecule has 0 amide bonds. The predicted octanol–water partition coefficient (Wildman–Crippen LogP) is 8.79. The van der Waals surface area contributed by atoms with E-state index in [2.05, 4.69) is 97.9 Å². The zero-order valence-corrected chi connectivity index (χ0v) is 20.5. The largest absolute Gasteiger partial charge is 0.673 e. The van der Waals surface area contributed by atoms with Gasteiger partial charge in [0.1, 0.15) is 10.6 Å². The molecule has 0 spiro atoms. The standard InChI is InChI=1S/C27H26NOS.BF4/c1-4-29-25-16-12-22(13-17-25)27-19-23(20-10-14-24(15-11-20)28(2)3)18-26(30-27)21-8-6-5-7-9-21;2-1(3,4)5/h5-19H,4H2,1-3H3;/q+1;-1. The summed E-state index contributed by atoms with van der Waals surface area (Å²) in [5.74, 6) is 0.907. The second kappa shape index (κ2) is 11.8. The molecule has 182 valence electrons. The molecule has 3 aromatic carbocycles. The van der Waals surface area contributed by atoms with E-state index < -0.39 is 7.25 Å². The second-order valence-electron chi connectivity index (χ2n) is 7.83. The maximum absolute atomic E-state index is 9.75. The number of ether oxygens (including phenoxy) is 1. The van der Waals surface area contributed by atoms with Gasteiger partial charge in [-0.25, -0.2) is 0 Å². The Morgan fingerprint density at radius 1 is 0.800 bits per heavy atom. The number of benzene rings is 3. The van der Waals surface area contributed by atoms with Crippen molar-refractivity contribution in [2.45, 2.75) is 6.92 Å². The third-order valence-electron chi connectivity index (χ3n) is 5.02.